The molecule has 3 amide bonds. The molecule has 8 nitrogen and oxygen atoms in total. The molecule has 3 fully saturated rings. The second kappa shape index (κ2) is 11.8. The smallest absolute Gasteiger partial charge is 0.444 e. The summed E-state index contributed by atoms with van der Waals surface area (Å²) < 4.78 is 60.3. The Morgan fingerprint density at radius 2 is 1.74 bits per heavy atom. The third-order valence-corrected chi connectivity index (χ3v) is 8.55. The second-order valence-electron chi connectivity index (χ2n) is 12.4. The highest BCUT2D eigenvalue weighted by Gasteiger charge is 2.57. The van der Waals surface area contributed by atoms with E-state index in [0.717, 1.165) is 37.0 Å². The van der Waals surface area contributed by atoms with E-state index in [1.165, 1.54) is 12.1 Å². The molecule has 3 unspecified atom stereocenters. The number of hydrogen-bond donors (Lipinski definition) is 2. The lowest BCUT2D eigenvalue weighted by Gasteiger charge is -2.36. The number of hydrogen-bond acceptors (Lipinski definition) is 4. The van der Waals surface area contributed by atoms with Gasteiger partial charge in [-0.3, -0.25) is 9.59 Å². The van der Waals surface area contributed by atoms with Crippen LogP contribution in [0.3, 0.4) is 0 Å². The highest BCUT2D eigenvalue weighted by molar-refractivity contribution is 5.89. The van der Waals surface area contributed by atoms with Crippen LogP contribution in [0, 0.1) is 11.7 Å². The first-order valence-corrected chi connectivity index (χ1v) is 14.2. The summed E-state index contributed by atoms with van der Waals surface area (Å²) in [5.74, 6) is -3.58. The molecule has 12 heteroatoms. The van der Waals surface area contributed by atoms with Crippen LogP contribution in [0.2, 0.25) is 0 Å². The minimum atomic E-state index is -5.07. The molecule has 4 atom stereocenters. The number of benzene rings is 1. The number of aromatic amines is 1. The van der Waals surface area contributed by atoms with Crippen molar-refractivity contribution in [3.05, 3.63) is 35.8 Å². The van der Waals surface area contributed by atoms with Crippen molar-refractivity contribution >= 4 is 28.8 Å². The van der Waals surface area contributed by atoms with E-state index in [9.17, 15) is 31.9 Å². The molecule has 1 aromatic carbocycles. The van der Waals surface area contributed by atoms with Gasteiger partial charge in [-0.1, -0.05) is 26.7 Å². The van der Waals surface area contributed by atoms with E-state index in [-0.39, 0.29) is 38.8 Å². The molecule has 2 aromatic rings. The van der Waals surface area contributed by atoms with Crippen LogP contribution in [0.1, 0.15) is 78.2 Å². The number of nitrogens with one attached hydrogen (secondary N) is 2. The molecule has 232 valence electrons. The Bertz CT molecular complexity index is 1310. The van der Waals surface area contributed by atoms with Gasteiger partial charge in [-0.25, -0.2) is 9.18 Å². The summed E-state index contributed by atoms with van der Waals surface area (Å²) in [5.41, 5.74) is 0.300. The van der Waals surface area contributed by atoms with Crippen LogP contribution in [0.4, 0.5) is 22.4 Å². The third kappa shape index (κ3) is 6.22. The highest BCUT2D eigenvalue weighted by Crippen LogP contribution is 2.45. The molecule has 0 radical (unpaired) electrons. The number of H-pyrrole nitrogens is 1. The van der Waals surface area contributed by atoms with Crippen molar-refractivity contribution in [3.63, 3.8) is 0 Å². The van der Waals surface area contributed by atoms with Crippen molar-refractivity contribution in [1.29, 1.82) is 0 Å². The van der Waals surface area contributed by atoms with E-state index in [1.807, 2.05) is 0 Å². The maximum Gasteiger partial charge on any atom is 0.471 e. The van der Waals surface area contributed by atoms with E-state index in [4.69, 9.17) is 4.74 Å². The number of carbonyl (C=O) groups is 3. The van der Waals surface area contributed by atoms with E-state index in [2.05, 4.69) is 10.3 Å². The first-order chi connectivity index (χ1) is 19.2. The molecule has 3 aliphatic rings. The lowest BCUT2D eigenvalue weighted by molar-refractivity contribution is -0.186. The molecule has 2 aliphatic heterocycles. The summed E-state index contributed by atoms with van der Waals surface area (Å²) in [6.45, 7) is 5.06. The molecule has 42 heavy (non-hydrogen) atoms. The number of rotatable bonds is 4. The Balaban J connectivity index is 0.00000405. The molecule has 5 rings (SSSR count). The standard InChI is InChI=1S/C29H36F4N4O4.CH4/c1-28(2,3)41-27(40)35-23(16-7-5-4-6-8-16)25(38)36-12-11-22-24(36)20(15-37(22)26(39)29(31,32)33)19-14-34-21-13-17(30)9-10-18(19)21;/h9-10,13-14,16,20,22-24,34H,4-8,11-12,15H2,1-3H3,(H,35,40);1H4/t20-,22?,23?,24?;/m1./s1. The van der Waals surface area contributed by atoms with Crippen molar-refractivity contribution in [2.24, 2.45) is 5.92 Å². The summed E-state index contributed by atoms with van der Waals surface area (Å²) >= 11 is 0. The van der Waals surface area contributed by atoms with Crippen molar-refractivity contribution in [1.82, 2.24) is 20.1 Å². The molecule has 0 spiro atoms. The van der Waals surface area contributed by atoms with E-state index in [0.29, 0.717) is 16.5 Å². The summed E-state index contributed by atoms with van der Waals surface area (Å²) in [7, 11) is 0. The average molecular weight is 597 g/mol. The van der Waals surface area contributed by atoms with Crippen molar-refractivity contribution < 1.29 is 36.7 Å². The van der Waals surface area contributed by atoms with Gasteiger partial charge in [0.1, 0.15) is 17.5 Å². The monoisotopic (exact) mass is 596 g/mol. The van der Waals surface area contributed by atoms with Gasteiger partial charge in [-0.2, -0.15) is 13.2 Å². The van der Waals surface area contributed by atoms with Crippen LogP contribution in [0.25, 0.3) is 10.9 Å². The highest BCUT2D eigenvalue weighted by atomic mass is 19.4. The third-order valence-electron chi connectivity index (χ3n) is 8.55. The normalized spacial score (nSPS) is 23.8. The molecule has 1 aliphatic carbocycles. The maximum absolute atomic E-state index is 14.3. The lowest BCUT2D eigenvalue weighted by atomic mass is 9.83. The molecule has 1 aromatic heterocycles. The van der Waals surface area contributed by atoms with Gasteiger partial charge >= 0.3 is 18.2 Å². The Labute approximate surface area is 243 Å². The number of nitrogens with zero attached hydrogens (tertiary/aromatic N) is 2. The Morgan fingerprint density at radius 1 is 1.05 bits per heavy atom. The van der Waals surface area contributed by atoms with E-state index >= 15 is 0 Å². The number of fused-ring (bicyclic) bond motifs is 2. The van der Waals surface area contributed by atoms with Gasteiger partial charge in [0.2, 0.25) is 5.91 Å². The van der Waals surface area contributed by atoms with Crippen molar-refractivity contribution in [3.8, 4) is 0 Å². The zero-order chi connectivity index (χ0) is 29.7. The van der Waals surface area contributed by atoms with Gasteiger partial charge in [-0.05, 0) is 69.7 Å². The van der Waals surface area contributed by atoms with Gasteiger partial charge in [0.05, 0.1) is 12.1 Å². The number of carbonyl (C=O) groups excluding carboxylic acids is 3. The van der Waals surface area contributed by atoms with Crippen LogP contribution in [-0.2, 0) is 14.3 Å². The number of halogens is 4. The van der Waals surface area contributed by atoms with Crippen LogP contribution in [-0.4, -0.2) is 75.7 Å². The zero-order valence-corrected chi connectivity index (χ0v) is 23.4. The molecular weight excluding hydrogens is 556 g/mol. The minimum Gasteiger partial charge on any atom is -0.444 e. The van der Waals surface area contributed by atoms with E-state index in [1.54, 1.807) is 37.9 Å². The lowest BCUT2D eigenvalue weighted by Crippen LogP contribution is -2.55. The van der Waals surface area contributed by atoms with Crippen LogP contribution in [0.15, 0.2) is 24.4 Å². The van der Waals surface area contributed by atoms with Crippen molar-refractivity contribution in [2.45, 2.75) is 103 Å². The number of likely N-dealkylation sites (tertiary alicyclic amines) is 2. The van der Waals surface area contributed by atoms with Crippen LogP contribution in [0.5, 0.6) is 0 Å². The summed E-state index contributed by atoms with van der Waals surface area (Å²) in [6.07, 6.45) is 0.278. The molecule has 2 N–H and O–H groups in total. The van der Waals surface area contributed by atoms with Gasteiger partial charge in [0.25, 0.3) is 0 Å². The van der Waals surface area contributed by atoms with Crippen molar-refractivity contribution in [2.75, 3.05) is 13.1 Å². The molecule has 1 saturated carbocycles. The molecular formula is C30H40F4N4O4. The predicted molar refractivity (Wildman–Crippen MR) is 149 cm³/mol. The Morgan fingerprint density at radius 3 is 2.38 bits per heavy atom. The SMILES string of the molecule is C.CC(C)(C)OC(=O)NC(C(=O)N1CCC2C1[C@@H](c1c[nH]c3cc(F)ccc13)CN2C(=O)C(F)(F)F)C1CCCCC1. The summed E-state index contributed by atoms with van der Waals surface area (Å²) in [6, 6.07) is 1.61. The Kier molecular flexibility index (Phi) is 8.85. The van der Waals surface area contributed by atoms with Gasteiger partial charge in [-0.15, -0.1) is 0 Å². The number of alkyl halides is 3. The molecule has 2 saturated heterocycles. The fraction of sp³-hybridized carbons (Fsp3) is 0.633. The van der Waals surface area contributed by atoms with Crippen LogP contribution < -0.4 is 5.32 Å². The number of aromatic nitrogens is 1. The minimum absolute atomic E-state index is 0. The largest absolute Gasteiger partial charge is 0.471 e. The van der Waals surface area contributed by atoms with Gasteiger partial charge < -0.3 is 24.8 Å². The first-order valence-electron chi connectivity index (χ1n) is 14.2. The van der Waals surface area contributed by atoms with Gasteiger partial charge in [0, 0.05) is 36.1 Å². The molecule has 3 heterocycles. The number of ether oxygens (including phenoxy) is 1. The van der Waals surface area contributed by atoms with E-state index < -0.39 is 53.6 Å². The summed E-state index contributed by atoms with van der Waals surface area (Å²) in [4.78, 5) is 45.0. The first kappa shape index (κ1) is 31.6. The second-order valence-corrected chi connectivity index (χ2v) is 12.4. The fourth-order valence-electron chi connectivity index (χ4n) is 6.91. The quantitative estimate of drug-likeness (QED) is 0.432. The predicted octanol–water partition coefficient (Wildman–Crippen LogP) is 5.87. The molecule has 0 bridgehead atoms. The summed E-state index contributed by atoms with van der Waals surface area (Å²) in [5, 5.41) is 3.40. The van der Waals surface area contributed by atoms with Crippen LogP contribution >= 0.6 is 0 Å². The van der Waals surface area contributed by atoms with Gasteiger partial charge in [0.15, 0.2) is 0 Å². The fourth-order valence-corrected chi connectivity index (χ4v) is 6.91. The topological polar surface area (TPSA) is 94.7 Å². The zero-order valence-electron chi connectivity index (χ0n) is 23.4. The number of amides is 3. The Hall–Kier alpha value is -3.31. The average Bonchev–Trinajstić information content (AvgIpc) is 3.59. The maximum atomic E-state index is 14.3. The number of alkyl carbamates (subject to hydrolysis) is 1.